The first-order valence-electron chi connectivity index (χ1n) is 9.92. The average Bonchev–Trinajstić information content (AvgIpc) is 3.52. The van der Waals surface area contributed by atoms with Crippen LogP contribution in [0, 0.1) is 0 Å². The molecule has 2 N–H and O–H groups in total. The molecule has 1 aromatic heterocycles. The van der Waals surface area contributed by atoms with E-state index in [9.17, 15) is 14.4 Å². The fourth-order valence-corrected chi connectivity index (χ4v) is 4.27. The predicted molar refractivity (Wildman–Crippen MR) is 119 cm³/mol. The molecule has 0 radical (unpaired) electrons. The lowest BCUT2D eigenvalue weighted by Gasteiger charge is -2.23. The minimum Gasteiger partial charge on any atom is -0.486 e. The number of nitrogens with one attached hydrogen (secondary N) is 2. The number of ether oxygens (including phenoxy) is 1. The predicted octanol–water partition coefficient (Wildman–Crippen LogP) is 2.83. The number of hydrogen-bond acceptors (Lipinski definition) is 6. The zero-order chi connectivity index (χ0) is 22.3. The van der Waals surface area contributed by atoms with Crippen molar-refractivity contribution < 1.29 is 23.5 Å². The van der Waals surface area contributed by atoms with Crippen molar-refractivity contribution in [2.24, 2.45) is 0 Å². The maximum absolute atomic E-state index is 12.7. The van der Waals surface area contributed by atoms with Gasteiger partial charge in [0.15, 0.2) is 5.76 Å². The number of rotatable bonds is 6. The average molecular weight is 452 g/mol. The van der Waals surface area contributed by atoms with Crippen molar-refractivity contribution in [1.29, 1.82) is 0 Å². The lowest BCUT2D eigenvalue weighted by molar-refractivity contribution is -0.125. The van der Waals surface area contributed by atoms with Crippen molar-refractivity contribution >= 4 is 29.5 Å². The van der Waals surface area contributed by atoms with E-state index in [4.69, 9.17) is 9.15 Å². The Balaban J connectivity index is 1.29. The minimum atomic E-state index is -0.681. The summed E-state index contributed by atoms with van der Waals surface area (Å²) in [6, 6.07) is 20.5. The third kappa shape index (κ3) is 5.12. The van der Waals surface area contributed by atoms with E-state index in [1.807, 2.05) is 36.4 Å². The number of furan rings is 1. The Morgan fingerprint density at radius 1 is 0.969 bits per heavy atom. The van der Waals surface area contributed by atoms with E-state index in [0.29, 0.717) is 28.7 Å². The van der Waals surface area contributed by atoms with Crippen molar-refractivity contribution in [2.75, 3.05) is 11.6 Å². The van der Waals surface area contributed by atoms with Gasteiger partial charge in [0.1, 0.15) is 24.2 Å². The van der Waals surface area contributed by atoms with Crippen LogP contribution in [0.1, 0.15) is 26.7 Å². The standard InChI is InChI=1S/C23H21N3O5S/c27-21(19-14-32-15-26(19)23(29)16-7-3-1-4-8-16)24-25-22(28)20-12-11-18(31-20)13-30-17-9-5-2-6-10-17/h1-12,19H,13-15H2,(H,24,27)(H,25,28). The normalized spacial score (nSPS) is 15.2. The van der Waals surface area contributed by atoms with Gasteiger partial charge in [-0.15, -0.1) is 11.8 Å². The Kier molecular flexibility index (Phi) is 6.76. The smallest absolute Gasteiger partial charge is 0.305 e. The van der Waals surface area contributed by atoms with Crippen molar-refractivity contribution in [1.82, 2.24) is 15.8 Å². The molecule has 0 aliphatic carbocycles. The molecule has 1 saturated heterocycles. The summed E-state index contributed by atoms with van der Waals surface area (Å²) in [4.78, 5) is 39.2. The summed E-state index contributed by atoms with van der Waals surface area (Å²) < 4.78 is 11.1. The van der Waals surface area contributed by atoms with Crippen molar-refractivity contribution in [3.63, 3.8) is 0 Å². The number of nitrogens with zero attached hydrogens (tertiary/aromatic N) is 1. The molecule has 1 atom stereocenters. The van der Waals surface area contributed by atoms with E-state index in [1.54, 1.807) is 30.3 Å². The lowest BCUT2D eigenvalue weighted by Crippen LogP contribution is -2.52. The number of carbonyl (C=O) groups is 3. The Morgan fingerprint density at radius 3 is 2.44 bits per heavy atom. The number of thioether (sulfide) groups is 1. The van der Waals surface area contributed by atoms with E-state index in [0.717, 1.165) is 0 Å². The summed E-state index contributed by atoms with van der Waals surface area (Å²) in [7, 11) is 0. The zero-order valence-corrected chi connectivity index (χ0v) is 17.8. The molecule has 3 aromatic rings. The molecular formula is C23H21N3O5S. The van der Waals surface area contributed by atoms with Crippen molar-refractivity contribution in [3.8, 4) is 5.75 Å². The van der Waals surface area contributed by atoms with Gasteiger partial charge in [0.25, 0.3) is 11.8 Å². The summed E-state index contributed by atoms with van der Waals surface area (Å²) in [6.07, 6.45) is 0. The van der Waals surface area contributed by atoms with Crippen LogP contribution in [0.3, 0.4) is 0 Å². The van der Waals surface area contributed by atoms with Crippen molar-refractivity contribution in [2.45, 2.75) is 12.6 Å². The molecule has 3 amide bonds. The van der Waals surface area contributed by atoms with Gasteiger partial charge >= 0.3 is 5.91 Å². The molecule has 0 saturated carbocycles. The number of hydrazine groups is 1. The van der Waals surface area contributed by atoms with E-state index in [2.05, 4.69) is 10.9 Å². The molecule has 1 aliphatic heterocycles. The molecule has 32 heavy (non-hydrogen) atoms. The first-order valence-corrected chi connectivity index (χ1v) is 11.1. The molecule has 9 heteroatoms. The van der Waals surface area contributed by atoms with Crippen LogP contribution in [0.15, 0.2) is 77.2 Å². The maximum atomic E-state index is 12.7. The topological polar surface area (TPSA) is 101 Å². The number of carbonyl (C=O) groups excluding carboxylic acids is 3. The van der Waals surface area contributed by atoms with Gasteiger partial charge < -0.3 is 14.1 Å². The van der Waals surface area contributed by atoms with Gasteiger partial charge in [-0.2, -0.15) is 0 Å². The molecule has 0 spiro atoms. The number of hydrogen-bond donors (Lipinski definition) is 2. The number of amides is 3. The van der Waals surface area contributed by atoms with Crippen LogP contribution >= 0.6 is 11.8 Å². The van der Waals surface area contributed by atoms with Gasteiger partial charge in [0.2, 0.25) is 0 Å². The fraction of sp³-hybridized carbons (Fsp3) is 0.174. The molecule has 4 rings (SSSR count). The first-order chi connectivity index (χ1) is 15.6. The monoisotopic (exact) mass is 451 g/mol. The van der Waals surface area contributed by atoms with E-state index in [-0.39, 0.29) is 18.3 Å². The van der Waals surface area contributed by atoms with E-state index in [1.165, 1.54) is 22.7 Å². The summed E-state index contributed by atoms with van der Waals surface area (Å²) in [5.74, 6) is 0.752. The van der Waals surface area contributed by atoms with Gasteiger partial charge in [0, 0.05) is 11.3 Å². The highest BCUT2D eigenvalue weighted by Crippen LogP contribution is 2.23. The van der Waals surface area contributed by atoms with Crippen LogP contribution in [0.4, 0.5) is 0 Å². The second-order valence-corrected chi connectivity index (χ2v) is 7.97. The molecule has 1 aliphatic rings. The van der Waals surface area contributed by atoms with Gasteiger partial charge in [-0.25, -0.2) is 0 Å². The quantitative estimate of drug-likeness (QED) is 0.559. The molecule has 8 nitrogen and oxygen atoms in total. The van der Waals surface area contributed by atoms with Crippen LogP contribution in [0.2, 0.25) is 0 Å². The Labute approximate surface area is 188 Å². The third-order valence-corrected chi connectivity index (χ3v) is 5.79. The number of benzene rings is 2. The highest BCUT2D eigenvalue weighted by Gasteiger charge is 2.35. The largest absolute Gasteiger partial charge is 0.486 e. The molecule has 1 fully saturated rings. The Morgan fingerprint density at radius 2 is 1.69 bits per heavy atom. The first kappa shape index (κ1) is 21.5. The highest BCUT2D eigenvalue weighted by atomic mass is 32.2. The third-order valence-electron chi connectivity index (χ3n) is 4.78. The van der Waals surface area contributed by atoms with Crippen LogP contribution in [-0.4, -0.2) is 40.3 Å². The van der Waals surface area contributed by atoms with Gasteiger partial charge in [0.05, 0.1) is 5.88 Å². The van der Waals surface area contributed by atoms with E-state index >= 15 is 0 Å². The van der Waals surface area contributed by atoms with Gasteiger partial charge in [-0.3, -0.25) is 25.2 Å². The summed E-state index contributed by atoms with van der Waals surface area (Å²) in [5, 5.41) is 0. The zero-order valence-electron chi connectivity index (χ0n) is 17.0. The summed E-state index contributed by atoms with van der Waals surface area (Å²) in [6.45, 7) is 0.166. The van der Waals surface area contributed by atoms with Crippen LogP contribution < -0.4 is 15.6 Å². The number of para-hydroxylation sites is 1. The molecule has 2 heterocycles. The molecule has 164 valence electrons. The minimum absolute atomic E-state index is 0.0370. The van der Waals surface area contributed by atoms with Crippen molar-refractivity contribution in [3.05, 3.63) is 89.9 Å². The maximum Gasteiger partial charge on any atom is 0.305 e. The van der Waals surface area contributed by atoms with Crippen LogP contribution in [0.5, 0.6) is 5.75 Å². The lowest BCUT2D eigenvalue weighted by atomic mass is 10.2. The second kappa shape index (κ2) is 10.1. The molecule has 0 bridgehead atoms. The summed E-state index contributed by atoms with van der Waals surface area (Å²) >= 11 is 1.48. The van der Waals surface area contributed by atoms with Crippen LogP contribution in [0.25, 0.3) is 0 Å². The van der Waals surface area contributed by atoms with Crippen LogP contribution in [-0.2, 0) is 11.4 Å². The summed E-state index contributed by atoms with van der Waals surface area (Å²) in [5.41, 5.74) is 5.24. The van der Waals surface area contributed by atoms with Gasteiger partial charge in [-0.1, -0.05) is 36.4 Å². The SMILES string of the molecule is O=C(NNC(=O)C1CSCN1C(=O)c1ccccc1)c1ccc(COc2ccccc2)o1. The van der Waals surface area contributed by atoms with Gasteiger partial charge in [-0.05, 0) is 36.4 Å². The van der Waals surface area contributed by atoms with E-state index < -0.39 is 17.9 Å². The highest BCUT2D eigenvalue weighted by molar-refractivity contribution is 7.99. The Bertz CT molecular complexity index is 1090. The molecular weight excluding hydrogens is 430 g/mol. The molecule has 1 unspecified atom stereocenters. The molecule has 2 aromatic carbocycles. The Hall–Kier alpha value is -3.72. The second-order valence-electron chi connectivity index (χ2n) is 6.97. The fourth-order valence-electron chi connectivity index (χ4n) is 3.12.